The molecule has 0 spiro atoms. The van der Waals surface area contributed by atoms with Crippen LogP contribution in [0.1, 0.15) is 12.7 Å². The zero-order valence-corrected chi connectivity index (χ0v) is 8.87. The van der Waals surface area contributed by atoms with Gasteiger partial charge >= 0.3 is 0 Å². The first-order chi connectivity index (χ1) is 7.85. The fraction of sp³-hybridized carbons (Fsp3) is 0.300. The van der Waals surface area contributed by atoms with E-state index in [1.54, 1.807) is 0 Å². The summed E-state index contributed by atoms with van der Waals surface area (Å²) in [6, 6.07) is 7.37. The SMILES string of the molecule is CCOc1cccc(-n2nnnc2CO)c1. The van der Waals surface area contributed by atoms with Crippen molar-refractivity contribution in [3.05, 3.63) is 30.1 Å². The Kier molecular flexibility index (Phi) is 3.11. The number of aromatic nitrogens is 4. The number of aliphatic hydroxyl groups is 1. The van der Waals surface area contributed by atoms with Gasteiger partial charge in [0.2, 0.25) is 0 Å². The van der Waals surface area contributed by atoms with Gasteiger partial charge in [0.05, 0.1) is 12.3 Å². The van der Waals surface area contributed by atoms with E-state index < -0.39 is 0 Å². The van der Waals surface area contributed by atoms with Crippen LogP contribution in [0.5, 0.6) is 5.75 Å². The third-order valence-electron chi connectivity index (χ3n) is 2.05. The van der Waals surface area contributed by atoms with Gasteiger partial charge in [-0.1, -0.05) is 6.07 Å². The molecule has 0 aliphatic carbocycles. The van der Waals surface area contributed by atoms with Gasteiger partial charge in [-0.3, -0.25) is 0 Å². The molecular formula is C10H12N4O2. The molecule has 0 saturated carbocycles. The highest BCUT2D eigenvalue weighted by atomic mass is 16.5. The van der Waals surface area contributed by atoms with Gasteiger partial charge in [-0.25, -0.2) is 0 Å². The first kappa shape index (κ1) is 10.6. The number of tetrazole rings is 1. The quantitative estimate of drug-likeness (QED) is 0.814. The van der Waals surface area contributed by atoms with E-state index in [0.29, 0.717) is 12.4 Å². The van der Waals surface area contributed by atoms with Crippen molar-refractivity contribution in [1.29, 1.82) is 0 Å². The lowest BCUT2D eigenvalue weighted by Crippen LogP contribution is -2.03. The van der Waals surface area contributed by atoms with Gasteiger partial charge in [0.15, 0.2) is 5.82 Å². The van der Waals surface area contributed by atoms with E-state index in [1.807, 2.05) is 31.2 Å². The molecule has 2 aromatic rings. The molecule has 0 aliphatic heterocycles. The highest BCUT2D eigenvalue weighted by Crippen LogP contribution is 2.16. The Bertz CT molecular complexity index is 469. The number of hydrogen-bond donors (Lipinski definition) is 1. The fourth-order valence-corrected chi connectivity index (χ4v) is 1.38. The first-order valence-electron chi connectivity index (χ1n) is 4.96. The van der Waals surface area contributed by atoms with E-state index in [2.05, 4.69) is 15.5 Å². The lowest BCUT2D eigenvalue weighted by atomic mass is 10.3. The number of nitrogens with zero attached hydrogens (tertiary/aromatic N) is 4. The summed E-state index contributed by atoms with van der Waals surface area (Å²) in [6.45, 7) is 2.32. The molecule has 1 N–H and O–H groups in total. The zero-order chi connectivity index (χ0) is 11.4. The van der Waals surface area contributed by atoms with E-state index >= 15 is 0 Å². The Balaban J connectivity index is 2.36. The van der Waals surface area contributed by atoms with Crippen LogP contribution in [0, 0.1) is 0 Å². The highest BCUT2D eigenvalue weighted by molar-refractivity contribution is 5.38. The summed E-state index contributed by atoms with van der Waals surface area (Å²) in [6.07, 6.45) is 0. The van der Waals surface area contributed by atoms with Crippen molar-refractivity contribution in [2.45, 2.75) is 13.5 Å². The zero-order valence-electron chi connectivity index (χ0n) is 8.87. The standard InChI is InChI=1S/C10H12N4O2/c1-2-16-9-5-3-4-8(6-9)14-10(7-15)11-12-13-14/h3-6,15H,2,7H2,1H3. The minimum Gasteiger partial charge on any atom is -0.494 e. The van der Waals surface area contributed by atoms with Crippen molar-refractivity contribution >= 4 is 0 Å². The van der Waals surface area contributed by atoms with E-state index in [9.17, 15) is 0 Å². The van der Waals surface area contributed by atoms with E-state index in [0.717, 1.165) is 11.4 Å². The average Bonchev–Trinajstić information content (AvgIpc) is 2.78. The van der Waals surface area contributed by atoms with Crippen LogP contribution >= 0.6 is 0 Å². The van der Waals surface area contributed by atoms with Crippen molar-refractivity contribution in [2.24, 2.45) is 0 Å². The average molecular weight is 220 g/mol. The van der Waals surface area contributed by atoms with E-state index in [4.69, 9.17) is 9.84 Å². The molecule has 0 unspecified atom stereocenters. The summed E-state index contributed by atoms with van der Waals surface area (Å²) in [5.41, 5.74) is 0.764. The molecule has 6 heteroatoms. The second-order valence-corrected chi connectivity index (χ2v) is 3.10. The van der Waals surface area contributed by atoms with Crippen molar-refractivity contribution in [3.8, 4) is 11.4 Å². The van der Waals surface area contributed by atoms with Crippen LogP contribution in [0.25, 0.3) is 5.69 Å². The fourth-order valence-electron chi connectivity index (χ4n) is 1.38. The van der Waals surface area contributed by atoms with Gasteiger partial charge < -0.3 is 9.84 Å². The summed E-state index contributed by atoms with van der Waals surface area (Å²) in [5.74, 6) is 1.15. The second kappa shape index (κ2) is 4.71. The Hall–Kier alpha value is -1.95. The number of hydrogen-bond acceptors (Lipinski definition) is 5. The topological polar surface area (TPSA) is 73.1 Å². The third kappa shape index (κ3) is 2.01. The van der Waals surface area contributed by atoms with Crippen molar-refractivity contribution in [1.82, 2.24) is 20.2 Å². The molecule has 1 aromatic heterocycles. The molecule has 84 valence electrons. The lowest BCUT2D eigenvalue weighted by molar-refractivity contribution is 0.268. The van der Waals surface area contributed by atoms with E-state index in [1.165, 1.54) is 4.68 Å². The van der Waals surface area contributed by atoms with E-state index in [-0.39, 0.29) is 6.61 Å². The van der Waals surface area contributed by atoms with Gasteiger partial charge in [-0.05, 0) is 29.5 Å². The summed E-state index contributed by atoms with van der Waals surface area (Å²) < 4.78 is 6.85. The molecule has 16 heavy (non-hydrogen) atoms. The molecule has 1 heterocycles. The molecule has 2 rings (SSSR count). The molecule has 1 aromatic carbocycles. The molecule has 0 amide bonds. The van der Waals surface area contributed by atoms with Crippen LogP contribution in [0.2, 0.25) is 0 Å². The second-order valence-electron chi connectivity index (χ2n) is 3.10. The number of benzene rings is 1. The minimum absolute atomic E-state index is 0.203. The molecule has 0 atom stereocenters. The van der Waals surface area contributed by atoms with Crippen LogP contribution in [-0.4, -0.2) is 31.9 Å². The van der Waals surface area contributed by atoms with Crippen molar-refractivity contribution in [3.63, 3.8) is 0 Å². The largest absolute Gasteiger partial charge is 0.494 e. The molecule has 0 fully saturated rings. The lowest BCUT2D eigenvalue weighted by Gasteiger charge is -2.06. The third-order valence-corrected chi connectivity index (χ3v) is 2.05. The molecule has 0 saturated heterocycles. The summed E-state index contributed by atoms with van der Waals surface area (Å²) in [4.78, 5) is 0. The highest BCUT2D eigenvalue weighted by Gasteiger charge is 2.07. The first-order valence-corrected chi connectivity index (χ1v) is 4.96. The Morgan fingerprint density at radius 1 is 1.44 bits per heavy atom. The molecule has 0 aliphatic rings. The van der Waals surface area contributed by atoms with Gasteiger partial charge in [0.1, 0.15) is 12.4 Å². The van der Waals surface area contributed by atoms with Crippen LogP contribution in [0.3, 0.4) is 0 Å². The maximum absolute atomic E-state index is 9.05. The molecular weight excluding hydrogens is 208 g/mol. The Labute approximate surface area is 92.5 Å². The number of rotatable bonds is 4. The van der Waals surface area contributed by atoms with Crippen molar-refractivity contribution in [2.75, 3.05) is 6.61 Å². The van der Waals surface area contributed by atoms with Gasteiger partial charge in [-0.15, -0.1) is 5.10 Å². The van der Waals surface area contributed by atoms with Crippen LogP contribution in [-0.2, 0) is 6.61 Å². The monoisotopic (exact) mass is 220 g/mol. The Morgan fingerprint density at radius 3 is 3.06 bits per heavy atom. The van der Waals surface area contributed by atoms with Gasteiger partial charge in [0, 0.05) is 6.07 Å². The maximum atomic E-state index is 9.05. The predicted octanol–water partition coefficient (Wildman–Crippen LogP) is 0.553. The molecule has 0 bridgehead atoms. The normalized spacial score (nSPS) is 10.4. The summed E-state index contributed by atoms with van der Waals surface area (Å²) in [5, 5.41) is 20.1. The van der Waals surface area contributed by atoms with Gasteiger partial charge in [-0.2, -0.15) is 4.68 Å². The predicted molar refractivity (Wildman–Crippen MR) is 56.2 cm³/mol. The molecule has 0 radical (unpaired) electrons. The minimum atomic E-state index is -0.203. The van der Waals surface area contributed by atoms with Crippen LogP contribution < -0.4 is 4.74 Å². The Morgan fingerprint density at radius 2 is 2.31 bits per heavy atom. The van der Waals surface area contributed by atoms with Crippen LogP contribution in [0.4, 0.5) is 0 Å². The maximum Gasteiger partial charge on any atom is 0.182 e. The summed E-state index contributed by atoms with van der Waals surface area (Å²) in [7, 11) is 0. The molecule has 6 nitrogen and oxygen atoms in total. The van der Waals surface area contributed by atoms with Crippen molar-refractivity contribution < 1.29 is 9.84 Å². The van der Waals surface area contributed by atoms with Crippen LogP contribution in [0.15, 0.2) is 24.3 Å². The smallest absolute Gasteiger partial charge is 0.182 e. The summed E-state index contributed by atoms with van der Waals surface area (Å²) >= 11 is 0. The van der Waals surface area contributed by atoms with Gasteiger partial charge in [0.25, 0.3) is 0 Å². The number of ether oxygens (including phenoxy) is 1. The number of aliphatic hydroxyl groups excluding tert-OH is 1.